The lowest BCUT2D eigenvalue weighted by atomic mass is 9.98. The Bertz CT molecular complexity index is 981. The Kier molecular flexibility index (Phi) is 6.87. The Balaban J connectivity index is 1.43. The van der Waals surface area contributed by atoms with Gasteiger partial charge in [0.15, 0.2) is 5.96 Å². The maximum absolute atomic E-state index is 5.29. The summed E-state index contributed by atoms with van der Waals surface area (Å²) < 4.78 is 7.46. The molecule has 0 amide bonds. The SMILES string of the molecule is CCNC(=NCc1nccn1Cc1ccccc1)N1CCC(c2ccc(OC)cc2)C1. The Labute approximate surface area is 184 Å². The van der Waals surface area contributed by atoms with Gasteiger partial charge in [0.2, 0.25) is 0 Å². The molecule has 0 aliphatic carbocycles. The van der Waals surface area contributed by atoms with E-state index in [1.807, 2.05) is 30.6 Å². The summed E-state index contributed by atoms with van der Waals surface area (Å²) in [4.78, 5) is 11.8. The lowest BCUT2D eigenvalue weighted by Crippen LogP contribution is -2.40. The number of aliphatic imine (C=N–C) groups is 1. The van der Waals surface area contributed by atoms with E-state index in [0.717, 1.165) is 50.1 Å². The third-order valence-electron chi connectivity index (χ3n) is 5.78. The van der Waals surface area contributed by atoms with Crippen molar-refractivity contribution in [3.8, 4) is 5.75 Å². The zero-order valence-corrected chi connectivity index (χ0v) is 18.4. The van der Waals surface area contributed by atoms with E-state index in [4.69, 9.17) is 9.73 Å². The van der Waals surface area contributed by atoms with Crippen LogP contribution in [0.4, 0.5) is 0 Å². The predicted octanol–water partition coefficient (Wildman–Crippen LogP) is 3.90. The van der Waals surface area contributed by atoms with Crippen molar-refractivity contribution in [3.05, 3.63) is 83.9 Å². The highest BCUT2D eigenvalue weighted by atomic mass is 16.5. The van der Waals surface area contributed by atoms with Crippen LogP contribution >= 0.6 is 0 Å². The summed E-state index contributed by atoms with van der Waals surface area (Å²) in [6.45, 7) is 6.30. The number of likely N-dealkylation sites (tertiary alicyclic amines) is 1. The molecule has 3 aromatic rings. The largest absolute Gasteiger partial charge is 0.497 e. The van der Waals surface area contributed by atoms with Crippen LogP contribution in [0.1, 0.15) is 36.2 Å². The Morgan fingerprint density at radius 2 is 1.97 bits per heavy atom. The van der Waals surface area contributed by atoms with Crippen LogP contribution in [-0.2, 0) is 13.1 Å². The average Bonchev–Trinajstić information content (AvgIpc) is 3.47. The van der Waals surface area contributed by atoms with E-state index in [1.165, 1.54) is 11.1 Å². The molecule has 1 saturated heterocycles. The summed E-state index contributed by atoms with van der Waals surface area (Å²) in [5.74, 6) is 3.35. The van der Waals surface area contributed by atoms with E-state index in [9.17, 15) is 0 Å². The number of nitrogens with zero attached hydrogens (tertiary/aromatic N) is 4. The van der Waals surface area contributed by atoms with Gasteiger partial charge in [-0.15, -0.1) is 0 Å². The van der Waals surface area contributed by atoms with Crippen LogP contribution in [0.25, 0.3) is 0 Å². The smallest absolute Gasteiger partial charge is 0.194 e. The molecule has 2 heterocycles. The van der Waals surface area contributed by atoms with Crippen LogP contribution < -0.4 is 10.1 Å². The topological polar surface area (TPSA) is 54.7 Å². The van der Waals surface area contributed by atoms with Crippen molar-refractivity contribution in [2.75, 3.05) is 26.7 Å². The molecule has 1 aliphatic heterocycles. The van der Waals surface area contributed by atoms with Crippen LogP contribution in [0.15, 0.2) is 72.0 Å². The number of nitrogens with one attached hydrogen (secondary N) is 1. The van der Waals surface area contributed by atoms with Crippen LogP contribution in [0, 0.1) is 0 Å². The summed E-state index contributed by atoms with van der Waals surface area (Å²) in [6.07, 6.45) is 5.01. The van der Waals surface area contributed by atoms with Crippen molar-refractivity contribution in [2.45, 2.75) is 32.4 Å². The molecule has 31 heavy (non-hydrogen) atoms. The number of hydrogen-bond acceptors (Lipinski definition) is 3. The molecule has 2 aromatic carbocycles. The van der Waals surface area contributed by atoms with Crippen molar-refractivity contribution in [3.63, 3.8) is 0 Å². The van der Waals surface area contributed by atoms with Crippen molar-refractivity contribution in [1.82, 2.24) is 19.8 Å². The highest BCUT2D eigenvalue weighted by Gasteiger charge is 2.26. The van der Waals surface area contributed by atoms with E-state index in [1.54, 1.807) is 7.11 Å². The minimum absolute atomic E-state index is 0.509. The van der Waals surface area contributed by atoms with Gasteiger partial charge in [-0.25, -0.2) is 9.98 Å². The third kappa shape index (κ3) is 5.26. The second kappa shape index (κ2) is 10.2. The number of guanidine groups is 1. The second-order valence-electron chi connectivity index (χ2n) is 7.83. The number of ether oxygens (including phenoxy) is 1. The average molecular weight is 418 g/mol. The van der Waals surface area contributed by atoms with Crippen LogP contribution in [0.2, 0.25) is 0 Å². The molecule has 1 atom stereocenters. The van der Waals surface area contributed by atoms with Crippen molar-refractivity contribution in [1.29, 1.82) is 0 Å². The van der Waals surface area contributed by atoms with Crippen molar-refractivity contribution >= 4 is 5.96 Å². The minimum atomic E-state index is 0.509. The molecule has 4 rings (SSSR count). The van der Waals surface area contributed by atoms with E-state index < -0.39 is 0 Å². The van der Waals surface area contributed by atoms with E-state index in [-0.39, 0.29) is 0 Å². The first kappa shape index (κ1) is 21.0. The van der Waals surface area contributed by atoms with Gasteiger partial charge in [0.25, 0.3) is 0 Å². The van der Waals surface area contributed by atoms with Gasteiger partial charge in [-0.3, -0.25) is 0 Å². The molecular formula is C25H31N5O. The second-order valence-corrected chi connectivity index (χ2v) is 7.83. The van der Waals surface area contributed by atoms with Gasteiger partial charge in [-0.05, 0) is 36.6 Å². The van der Waals surface area contributed by atoms with E-state index >= 15 is 0 Å². The quantitative estimate of drug-likeness (QED) is 0.468. The molecule has 0 spiro atoms. The van der Waals surface area contributed by atoms with Gasteiger partial charge in [0, 0.05) is 44.5 Å². The molecule has 1 N–H and O–H groups in total. The Morgan fingerprint density at radius 1 is 1.16 bits per heavy atom. The number of aromatic nitrogens is 2. The van der Waals surface area contributed by atoms with Gasteiger partial charge in [0.1, 0.15) is 18.1 Å². The molecule has 1 fully saturated rings. The molecule has 1 unspecified atom stereocenters. The Hall–Kier alpha value is -3.28. The number of hydrogen-bond donors (Lipinski definition) is 1. The molecular weight excluding hydrogens is 386 g/mol. The molecule has 0 saturated carbocycles. The van der Waals surface area contributed by atoms with Gasteiger partial charge >= 0.3 is 0 Å². The van der Waals surface area contributed by atoms with Crippen LogP contribution in [-0.4, -0.2) is 47.2 Å². The van der Waals surface area contributed by atoms with Crippen molar-refractivity contribution in [2.24, 2.45) is 4.99 Å². The Morgan fingerprint density at radius 3 is 2.71 bits per heavy atom. The fourth-order valence-electron chi connectivity index (χ4n) is 4.09. The summed E-state index contributed by atoms with van der Waals surface area (Å²) >= 11 is 0. The first-order valence-corrected chi connectivity index (χ1v) is 11.0. The summed E-state index contributed by atoms with van der Waals surface area (Å²) in [5, 5.41) is 3.47. The zero-order valence-electron chi connectivity index (χ0n) is 18.4. The van der Waals surface area contributed by atoms with Gasteiger partial charge in [0.05, 0.1) is 7.11 Å². The third-order valence-corrected chi connectivity index (χ3v) is 5.78. The van der Waals surface area contributed by atoms with E-state index in [2.05, 4.69) is 63.1 Å². The van der Waals surface area contributed by atoms with Crippen molar-refractivity contribution < 1.29 is 4.74 Å². The number of benzene rings is 2. The molecule has 1 aliphatic rings. The molecule has 0 radical (unpaired) electrons. The van der Waals surface area contributed by atoms with Gasteiger partial charge in [-0.1, -0.05) is 42.5 Å². The highest BCUT2D eigenvalue weighted by Crippen LogP contribution is 2.28. The number of methoxy groups -OCH3 is 1. The first-order valence-electron chi connectivity index (χ1n) is 11.0. The standard InChI is InChI=1S/C25H31N5O/c1-3-26-25(30-15-13-22(19-30)21-9-11-23(31-2)12-10-21)28-17-24-27-14-16-29(24)18-20-7-5-4-6-8-20/h4-12,14,16,22H,3,13,15,17-19H2,1-2H3,(H,26,28). The van der Waals surface area contributed by atoms with Gasteiger partial charge in [-0.2, -0.15) is 0 Å². The highest BCUT2D eigenvalue weighted by molar-refractivity contribution is 5.80. The monoisotopic (exact) mass is 417 g/mol. The fourth-order valence-corrected chi connectivity index (χ4v) is 4.09. The molecule has 162 valence electrons. The molecule has 1 aromatic heterocycles. The van der Waals surface area contributed by atoms with E-state index in [0.29, 0.717) is 12.5 Å². The maximum Gasteiger partial charge on any atom is 0.194 e. The number of imidazole rings is 1. The maximum atomic E-state index is 5.29. The molecule has 6 heteroatoms. The molecule has 6 nitrogen and oxygen atoms in total. The van der Waals surface area contributed by atoms with Crippen LogP contribution in [0.5, 0.6) is 5.75 Å². The zero-order chi connectivity index (χ0) is 21.5. The normalized spacial score (nSPS) is 16.5. The predicted molar refractivity (Wildman–Crippen MR) is 125 cm³/mol. The minimum Gasteiger partial charge on any atom is -0.497 e. The summed E-state index contributed by atoms with van der Waals surface area (Å²) in [5.41, 5.74) is 2.62. The number of rotatable bonds is 7. The molecule has 0 bridgehead atoms. The summed E-state index contributed by atoms with van der Waals surface area (Å²) in [7, 11) is 1.70. The summed E-state index contributed by atoms with van der Waals surface area (Å²) in [6, 6.07) is 18.9. The lowest BCUT2D eigenvalue weighted by Gasteiger charge is -2.22. The fraction of sp³-hybridized carbons (Fsp3) is 0.360. The lowest BCUT2D eigenvalue weighted by molar-refractivity contribution is 0.414. The van der Waals surface area contributed by atoms with Gasteiger partial charge < -0.3 is 19.5 Å². The first-order chi connectivity index (χ1) is 15.3. The van der Waals surface area contributed by atoms with Crippen LogP contribution in [0.3, 0.4) is 0 Å².